The van der Waals surface area contributed by atoms with E-state index in [1.165, 1.54) is 16.7 Å². The Labute approximate surface area is 754 Å². The molecule has 10 atom stereocenters. The lowest BCUT2D eigenvalue weighted by atomic mass is 9.75. The number of benzene rings is 15. The molecule has 12 N–H and O–H groups in total. The topological polar surface area (TPSA) is 307 Å². The molecule has 5 aliphatic rings. The molecule has 15 aromatic carbocycles. The molecule has 660 valence electrons. The molecule has 19 heteroatoms. The van der Waals surface area contributed by atoms with Crippen molar-refractivity contribution in [3.05, 3.63) is 421 Å². The molecule has 5 aliphatic heterocycles. The molecule has 0 radical (unpaired) electrons. The predicted molar refractivity (Wildman–Crippen MR) is 499 cm³/mol. The third kappa shape index (κ3) is 19.4. The van der Waals surface area contributed by atoms with E-state index < -0.39 is 0 Å². The molecule has 0 unspecified atom stereocenters. The number of hydrogen-bond acceptors (Lipinski definition) is 19. The number of methoxy groups -OCH3 is 2. The molecule has 0 bridgehead atoms. The summed E-state index contributed by atoms with van der Waals surface area (Å²) in [6, 6.07) is 96.5. The molecule has 0 saturated carbocycles. The van der Waals surface area contributed by atoms with Crippen LogP contribution in [0.15, 0.2) is 315 Å². The van der Waals surface area contributed by atoms with Gasteiger partial charge in [0.1, 0.15) is 109 Å². The molecule has 0 aromatic heterocycles. The molecular formula is C111H102O19. The number of fused-ring (bicyclic) bond motifs is 5. The number of phenols is 12. The summed E-state index contributed by atoms with van der Waals surface area (Å²) in [6.07, 6.45) is 0. The molecule has 0 fully saturated rings. The number of hydrogen-bond donors (Lipinski definition) is 12. The average molecular weight is 1740 g/mol. The highest BCUT2D eigenvalue weighted by Gasteiger charge is 2.40. The summed E-state index contributed by atoms with van der Waals surface area (Å²) in [5, 5.41) is 117. The summed E-state index contributed by atoms with van der Waals surface area (Å²) in [4.78, 5) is 0. The van der Waals surface area contributed by atoms with Gasteiger partial charge in [0, 0.05) is 117 Å². The van der Waals surface area contributed by atoms with Crippen molar-refractivity contribution in [2.75, 3.05) is 47.3 Å². The minimum Gasteiger partial charge on any atom is -0.508 e. The second kappa shape index (κ2) is 38.8. The molecule has 130 heavy (non-hydrogen) atoms. The molecular weight excluding hydrogens is 1640 g/mol. The largest absolute Gasteiger partial charge is 0.508 e. The Morgan fingerprint density at radius 1 is 0.208 bits per heavy atom. The quantitative estimate of drug-likeness (QED) is 0.0541. The van der Waals surface area contributed by atoms with E-state index in [9.17, 15) is 61.3 Å². The van der Waals surface area contributed by atoms with Crippen molar-refractivity contribution in [2.24, 2.45) is 0 Å². The van der Waals surface area contributed by atoms with Gasteiger partial charge in [0.15, 0.2) is 0 Å². The van der Waals surface area contributed by atoms with Crippen molar-refractivity contribution < 1.29 is 94.4 Å². The maximum absolute atomic E-state index is 10.1. The van der Waals surface area contributed by atoms with E-state index >= 15 is 0 Å². The molecule has 0 amide bonds. The third-order valence-corrected chi connectivity index (χ3v) is 25.4. The van der Waals surface area contributed by atoms with Gasteiger partial charge in [-0.1, -0.05) is 158 Å². The first-order valence-corrected chi connectivity index (χ1v) is 43.1. The predicted octanol–water partition coefficient (Wildman–Crippen LogP) is 22.7. The van der Waals surface area contributed by atoms with Crippen LogP contribution < -0.4 is 33.2 Å². The Balaban J connectivity index is 0.000000119. The fraction of sp³-hybridized carbons (Fsp3) is 0.189. The monoisotopic (exact) mass is 1740 g/mol. The first-order chi connectivity index (χ1) is 62.9. The van der Waals surface area contributed by atoms with Gasteiger partial charge >= 0.3 is 0 Å². The second-order valence-electron chi connectivity index (χ2n) is 33.5. The fourth-order valence-corrected chi connectivity index (χ4v) is 18.5. The van der Waals surface area contributed by atoms with Crippen LogP contribution in [0.25, 0.3) is 0 Å². The van der Waals surface area contributed by atoms with Crippen molar-refractivity contribution in [1.29, 1.82) is 0 Å². The highest BCUT2D eigenvalue weighted by Crippen LogP contribution is 2.54. The summed E-state index contributed by atoms with van der Waals surface area (Å²) in [6.45, 7) is 10.5. The lowest BCUT2D eigenvalue weighted by Crippen LogP contribution is -2.25. The zero-order valence-electron chi connectivity index (χ0n) is 72.6. The van der Waals surface area contributed by atoms with E-state index in [-0.39, 0.29) is 128 Å². The Morgan fingerprint density at radius 3 is 0.731 bits per heavy atom. The maximum atomic E-state index is 10.1. The fourth-order valence-electron chi connectivity index (χ4n) is 18.5. The van der Waals surface area contributed by atoms with Gasteiger partial charge in [-0.15, -0.1) is 0 Å². The number of ether oxygens (including phenoxy) is 7. The van der Waals surface area contributed by atoms with Crippen LogP contribution in [0.4, 0.5) is 0 Å². The molecule has 0 spiro atoms. The summed E-state index contributed by atoms with van der Waals surface area (Å²) in [5.41, 5.74) is 20.4. The number of rotatable bonds is 12. The lowest BCUT2D eigenvalue weighted by Gasteiger charge is -2.35. The summed E-state index contributed by atoms with van der Waals surface area (Å²) < 4.78 is 40.4. The third-order valence-electron chi connectivity index (χ3n) is 25.4. The standard InChI is InChI=1S/C23H22O4.C23H22O3.2C22H20O4.C21H18O4/c1-14-21(25)12-11-19-22(16-5-9-18(26-2)10-6-16)20(13-27-23(14)19)15-3-7-17(24)8-4-15;1-14-3-4-17(11-15(14)2)23-20-10-9-19(25)12-22(20)26-13-21(23)16-5-7-18(24)8-6-16;1-25-18-9-4-15(5-10-18)22-19-11-8-17(24)12-21(19)26-13-20(22)14-2-6-16(23)7-3-14;1-13-10-15(4-9-20(13)25)22-18-8-7-17(24)11-21(18)26-12-19(22)14-2-5-16(23)6-3-14;22-15-5-1-13(2-6-15)19-12-25-20-11-17(24)9-10-18(20)21(19)14-3-7-16(23)8-4-14/h3-12,20,22,24-25H,13H2,1-2H3;3-12,21,23-25H,13H2,1-2H3;2-12,20,22-24H,13H2,1H3;2-11,19,22-25H,12H2,1H3;1-11,19,21-24H,12H2/t20-,22-;21-,23-;20-,22-;19-,22-;19-,21-/m00000/s1. The average Bonchev–Trinajstić information content (AvgIpc) is 0.778. The highest BCUT2D eigenvalue weighted by molar-refractivity contribution is 5.60. The van der Waals surface area contributed by atoms with Crippen LogP contribution in [0.2, 0.25) is 0 Å². The maximum Gasteiger partial charge on any atom is 0.129 e. The molecule has 0 saturated heterocycles. The van der Waals surface area contributed by atoms with Crippen LogP contribution >= 0.6 is 0 Å². The first-order valence-electron chi connectivity index (χ1n) is 43.1. The molecule has 5 heterocycles. The van der Waals surface area contributed by atoms with Crippen LogP contribution in [0.3, 0.4) is 0 Å². The van der Waals surface area contributed by atoms with Crippen molar-refractivity contribution in [3.63, 3.8) is 0 Å². The minimum atomic E-state index is 0.0168. The Bertz CT molecular complexity index is 6280. The van der Waals surface area contributed by atoms with E-state index in [2.05, 4.69) is 56.3 Å². The van der Waals surface area contributed by atoms with Gasteiger partial charge in [-0.05, 0) is 233 Å². The van der Waals surface area contributed by atoms with Gasteiger partial charge in [0.05, 0.1) is 47.3 Å². The highest BCUT2D eigenvalue weighted by atomic mass is 16.5. The normalized spacial score (nSPS) is 18.8. The van der Waals surface area contributed by atoms with E-state index in [0.717, 1.165) is 112 Å². The zero-order valence-corrected chi connectivity index (χ0v) is 72.6. The zero-order chi connectivity index (χ0) is 91.0. The molecule has 0 aliphatic carbocycles. The van der Waals surface area contributed by atoms with Crippen LogP contribution in [0.1, 0.15) is 165 Å². The van der Waals surface area contributed by atoms with Gasteiger partial charge in [-0.2, -0.15) is 0 Å². The van der Waals surface area contributed by atoms with E-state index in [4.69, 9.17) is 33.2 Å². The van der Waals surface area contributed by atoms with Crippen molar-refractivity contribution in [3.8, 4) is 109 Å². The summed E-state index contributed by atoms with van der Waals surface area (Å²) in [7, 11) is 3.31. The van der Waals surface area contributed by atoms with Gasteiger partial charge in [0.2, 0.25) is 0 Å². The van der Waals surface area contributed by atoms with Gasteiger partial charge in [-0.3, -0.25) is 0 Å². The number of aryl methyl sites for hydroxylation is 3. The summed E-state index contributed by atoms with van der Waals surface area (Å²) in [5.74, 6) is 8.64. The van der Waals surface area contributed by atoms with Crippen molar-refractivity contribution >= 4 is 0 Å². The van der Waals surface area contributed by atoms with Gasteiger partial charge in [-0.25, -0.2) is 0 Å². The number of aromatic hydroxyl groups is 12. The van der Waals surface area contributed by atoms with Gasteiger partial charge < -0.3 is 94.4 Å². The SMILES string of the molecule is COc1ccc([C@H]2c3ccc(O)c(C)c3OC[C@H]2c2ccc(O)cc2)cc1.COc1ccc([C@H]2c3ccc(O)cc3OC[C@H]2c2ccc(O)cc2)cc1.Cc1cc([C@H]2c3ccc(O)cc3OC[C@H]2c2ccc(O)cc2)ccc1O.Cc1ccc([C@H]2c3ccc(O)cc3OC[C@H]2c2ccc(O)cc2)cc1C.Oc1ccc([C@H]2c3ccc(O)cc3OC[C@H]2c2ccc(O)cc2)cc1. The van der Waals surface area contributed by atoms with E-state index in [0.29, 0.717) is 50.3 Å². The van der Waals surface area contributed by atoms with Crippen LogP contribution in [-0.2, 0) is 0 Å². The number of phenolic OH excluding ortho intramolecular Hbond substituents is 12. The van der Waals surface area contributed by atoms with Crippen LogP contribution in [-0.4, -0.2) is 109 Å². The second-order valence-corrected chi connectivity index (χ2v) is 33.5. The van der Waals surface area contributed by atoms with E-state index in [1.807, 2.05) is 153 Å². The summed E-state index contributed by atoms with van der Waals surface area (Å²) >= 11 is 0. The van der Waals surface area contributed by atoms with Crippen LogP contribution in [0.5, 0.6) is 109 Å². The Morgan fingerprint density at radius 2 is 0.438 bits per heavy atom. The first kappa shape index (κ1) is 88.0. The van der Waals surface area contributed by atoms with Gasteiger partial charge in [0.25, 0.3) is 0 Å². The Hall–Kier alpha value is -15.5. The van der Waals surface area contributed by atoms with Crippen molar-refractivity contribution in [1.82, 2.24) is 0 Å². The molecule has 20 rings (SSSR count). The van der Waals surface area contributed by atoms with E-state index in [1.54, 1.807) is 148 Å². The molecule has 15 aromatic rings. The van der Waals surface area contributed by atoms with Crippen molar-refractivity contribution in [2.45, 2.75) is 86.9 Å². The van der Waals surface area contributed by atoms with Crippen LogP contribution in [0, 0.1) is 27.7 Å². The minimum absolute atomic E-state index is 0.0168. The Kier molecular flexibility index (Phi) is 26.2. The molecule has 19 nitrogen and oxygen atoms in total. The lowest BCUT2D eigenvalue weighted by molar-refractivity contribution is 0.245. The smallest absolute Gasteiger partial charge is 0.129 e.